The van der Waals surface area contributed by atoms with Crippen molar-refractivity contribution in [1.29, 1.82) is 0 Å². The standard InChI is InChI=1S/C14H15N3/c1-2-3-4-7-10-15-14-13-9-6-5-8-12(13)11-16-17-14/h1,5-6,8-9,11H,3-4,7,10H2,(H,15,17). The third-order valence-electron chi connectivity index (χ3n) is 2.61. The summed E-state index contributed by atoms with van der Waals surface area (Å²) >= 11 is 0. The molecule has 0 aliphatic carbocycles. The van der Waals surface area contributed by atoms with Crippen LogP contribution in [0.25, 0.3) is 10.8 Å². The molecular formula is C14H15N3. The maximum atomic E-state index is 5.20. The average Bonchev–Trinajstić information content (AvgIpc) is 2.39. The lowest BCUT2D eigenvalue weighted by Crippen LogP contribution is -2.04. The van der Waals surface area contributed by atoms with E-state index in [0.717, 1.165) is 42.4 Å². The van der Waals surface area contributed by atoms with Crippen LogP contribution in [-0.4, -0.2) is 16.7 Å². The number of nitrogens with zero attached hydrogens (tertiary/aromatic N) is 2. The van der Waals surface area contributed by atoms with Crippen LogP contribution in [0.3, 0.4) is 0 Å². The topological polar surface area (TPSA) is 37.8 Å². The van der Waals surface area contributed by atoms with Gasteiger partial charge in [0.05, 0.1) is 6.20 Å². The van der Waals surface area contributed by atoms with Crippen LogP contribution in [0.2, 0.25) is 0 Å². The van der Waals surface area contributed by atoms with Gasteiger partial charge in [0.25, 0.3) is 0 Å². The Morgan fingerprint density at radius 2 is 2.12 bits per heavy atom. The number of hydrogen-bond acceptors (Lipinski definition) is 3. The maximum Gasteiger partial charge on any atom is 0.156 e. The molecule has 0 amide bonds. The van der Waals surface area contributed by atoms with Crippen molar-refractivity contribution in [2.75, 3.05) is 11.9 Å². The summed E-state index contributed by atoms with van der Waals surface area (Å²) < 4.78 is 0. The first-order valence-corrected chi connectivity index (χ1v) is 5.79. The molecule has 0 saturated heterocycles. The summed E-state index contributed by atoms with van der Waals surface area (Å²) in [7, 11) is 0. The van der Waals surface area contributed by atoms with Gasteiger partial charge in [0.1, 0.15) is 0 Å². The van der Waals surface area contributed by atoms with Gasteiger partial charge in [-0.2, -0.15) is 5.10 Å². The molecule has 2 rings (SSSR count). The normalized spacial score (nSPS) is 10.1. The third-order valence-corrected chi connectivity index (χ3v) is 2.61. The fourth-order valence-electron chi connectivity index (χ4n) is 1.72. The van der Waals surface area contributed by atoms with Crippen LogP contribution in [0.5, 0.6) is 0 Å². The Morgan fingerprint density at radius 1 is 1.24 bits per heavy atom. The van der Waals surface area contributed by atoms with Gasteiger partial charge in [-0.1, -0.05) is 24.3 Å². The molecule has 3 heteroatoms. The molecule has 0 saturated carbocycles. The molecule has 86 valence electrons. The minimum atomic E-state index is 0.836. The van der Waals surface area contributed by atoms with E-state index < -0.39 is 0 Å². The quantitative estimate of drug-likeness (QED) is 0.628. The molecular weight excluding hydrogens is 210 g/mol. The van der Waals surface area contributed by atoms with Gasteiger partial charge >= 0.3 is 0 Å². The monoisotopic (exact) mass is 225 g/mol. The van der Waals surface area contributed by atoms with E-state index in [1.807, 2.05) is 24.3 Å². The lowest BCUT2D eigenvalue weighted by molar-refractivity contribution is 0.786. The number of aromatic nitrogens is 2. The lowest BCUT2D eigenvalue weighted by Gasteiger charge is -2.06. The Balaban J connectivity index is 2.01. The zero-order valence-corrected chi connectivity index (χ0v) is 9.69. The van der Waals surface area contributed by atoms with Crippen LogP contribution in [0.4, 0.5) is 5.82 Å². The summed E-state index contributed by atoms with van der Waals surface area (Å²) in [6, 6.07) is 8.09. The molecule has 1 heterocycles. The molecule has 1 N–H and O–H groups in total. The van der Waals surface area contributed by atoms with Crippen molar-refractivity contribution in [1.82, 2.24) is 10.2 Å². The summed E-state index contributed by atoms with van der Waals surface area (Å²) in [5.74, 6) is 3.49. The fraction of sp³-hybridized carbons (Fsp3) is 0.286. The second-order valence-electron chi connectivity index (χ2n) is 3.87. The van der Waals surface area contributed by atoms with Crippen molar-refractivity contribution >= 4 is 16.6 Å². The van der Waals surface area contributed by atoms with Gasteiger partial charge in [0.2, 0.25) is 0 Å². The van der Waals surface area contributed by atoms with Gasteiger partial charge in [-0.15, -0.1) is 17.4 Å². The zero-order valence-electron chi connectivity index (χ0n) is 9.69. The van der Waals surface area contributed by atoms with Crippen molar-refractivity contribution in [2.24, 2.45) is 0 Å². The van der Waals surface area contributed by atoms with Gasteiger partial charge in [-0.3, -0.25) is 0 Å². The summed E-state index contributed by atoms with van der Waals surface area (Å²) in [4.78, 5) is 0. The van der Waals surface area contributed by atoms with Crippen molar-refractivity contribution < 1.29 is 0 Å². The predicted octanol–water partition coefficient (Wildman–Crippen LogP) is 2.85. The highest BCUT2D eigenvalue weighted by Crippen LogP contribution is 2.18. The van der Waals surface area contributed by atoms with Gasteiger partial charge in [-0.05, 0) is 12.8 Å². The van der Waals surface area contributed by atoms with Gasteiger partial charge in [-0.25, -0.2) is 0 Å². The third kappa shape index (κ3) is 2.94. The molecule has 2 aromatic rings. The Kier molecular flexibility index (Phi) is 3.93. The van der Waals surface area contributed by atoms with Crippen LogP contribution in [0.15, 0.2) is 30.5 Å². The van der Waals surface area contributed by atoms with Gasteiger partial charge in [0, 0.05) is 23.7 Å². The lowest BCUT2D eigenvalue weighted by atomic mass is 10.2. The van der Waals surface area contributed by atoms with E-state index in [1.165, 1.54) is 0 Å². The molecule has 3 nitrogen and oxygen atoms in total. The minimum Gasteiger partial charge on any atom is -0.368 e. The second kappa shape index (κ2) is 5.86. The van der Waals surface area contributed by atoms with Crippen LogP contribution in [0.1, 0.15) is 19.3 Å². The molecule has 0 fully saturated rings. The molecule has 0 aliphatic heterocycles. The molecule has 17 heavy (non-hydrogen) atoms. The number of benzene rings is 1. The number of fused-ring (bicyclic) bond motifs is 1. The highest BCUT2D eigenvalue weighted by atomic mass is 15.2. The summed E-state index contributed by atoms with van der Waals surface area (Å²) in [5.41, 5.74) is 0. The van der Waals surface area contributed by atoms with Crippen molar-refractivity contribution in [3.05, 3.63) is 30.5 Å². The SMILES string of the molecule is C#CCCCCNc1nncc2ccccc12. The number of nitrogens with one attached hydrogen (secondary N) is 1. The van der Waals surface area contributed by atoms with E-state index in [2.05, 4.69) is 21.4 Å². The van der Waals surface area contributed by atoms with Crippen LogP contribution < -0.4 is 5.32 Å². The highest BCUT2D eigenvalue weighted by Gasteiger charge is 2.01. The smallest absolute Gasteiger partial charge is 0.156 e. The predicted molar refractivity (Wildman–Crippen MR) is 70.7 cm³/mol. The van der Waals surface area contributed by atoms with E-state index in [4.69, 9.17) is 6.42 Å². The minimum absolute atomic E-state index is 0.836. The van der Waals surface area contributed by atoms with Gasteiger partial charge in [0.15, 0.2) is 5.82 Å². The Hall–Kier alpha value is -2.08. The maximum absolute atomic E-state index is 5.20. The molecule has 0 spiro atoms. The molecule has 0 unspecified atom stereocenters. The molecule has 0 aliphatic rings. The molecule has 0 atom stereocenters. The van der Waals surface area contributed by atoms with Crippen molar-refractivity contribution in [3.63, 3.8) is 0 Å². The van der Waals surface area contributed by atoms with E-state index in [-0.39, 0.29) is 0 Å². The van der Waals surface area contributed by atoms with Crippen LogP contribution >= 0.6 is 0 Å². The van der Waals surface area contributed by atoms with E-state index >= 15 is 0 Å². The van der Waals surface area contributed by atoms with Crippen molar-refractivity contribution in [2.45, 2.75) is 19.3 Å². The van der Waals surface area contributed by atoms with E-state index in [0.29, 0.717) is 0 Å². The van der Waals surface area contributed by atoms with Crippen LogP contribution in [0, 0.1) is 12.3 Å². The second-order valence-corrected chi connectivity index (χ2v) is 3.87. The Bertz CT molecular complexity index is 523. The first-order valence-electron chi connectivity index (χ1n) is 5.79. The van der Waals surface area contributed by atoms with E-state index in [1.54, 1.807) is 6.20 Å². The number of terminal acetylenes is 1. The molecule has 0 bridgehead atoms. The Labute approximate surface area is 101 Å². The summed E-state index contributed by atoms with van der Waals surface area (Å²) in [5, 5.41) is 13.6. The largest absolute Gasteiger partial charge is 0.368 e. The molecule has 1 aromatic heterocycles. The van der Waals surface area contributed by atoms with Crippen molar-refractivity contribution in [3.8, 4) is 12.3 Å². The number of hydrogen-bond donors (Lipinski definition) is 1. The number of unbranched alkanes of at least 4 members (excludes halogenated alkanes) is 2. The Morgan fingerprint density at radius 3 is 3.00 bits per heavy atom. The summed E-state index contributed by atoms with van der Waals surface area (Å²) in [6.07, 6.45) is 9.91. The number of anilines is 1. The van der Waals surface area contributed by atoms with E-state index in [9.17, 15) is 0 Å². The number of rotatable bonds is 5. The first kappa shape index (κ1) is 11.4. The van der Waals surface area contributed by atoms with Gasteiger partial charge < -0.3 is 5.32 Å². The highest BCUT2D eigenvalue weighted by molar-refractivity contribution is 5.90. The average molecular weight is 225 g/mol. The van der Waals surface area contributed by atoms with Crippen LogP contribution in [-0.2, 0) is 0 Å². The first-order chi connectivity index (χ1) is 8.42. The zero-order chi connectivity index (χ0) is 11.9. The molecule has 0 radical (unpaired) electrons. The summed E-state index contributed by atoms with van der Waals surface area (Å²) in [6.45, 7) is 0.879. The molecule has 1 aromatic carbocycles. The fourth-order valence-corrected chi connectivity index (χ4v) is 1.72.